The Morgan fingerprint density at radius 3 is 2.50 bits per heavy atom. The zero-order chi connectivity index (χ0) is 5.98. The lowest BCUT2D eigenvalue weighted by Crippen LogP contribution is -2.30. The lowest BCUT2D eigenvalue weighted by molar-refractivity contribution is 0.490. The Balaban J connectivity index is 2.30. The lowest BCUT2D eigenvalue weighted by atomic mass is 10.1. The van der Waals surface area contributed by atoms with E-state index >= 15 is 0 Å². The highest BCUT2D eigenvalue weighted by Crippen LogP contribution is 2.22. The Labute approximate surface area is 55.2 Å². The third-order valence-corrected chi connectivity index (χ3v) is 3.09. The molecule has 0 aliphatic carbocycles. The normalized spacial score (nSPS) is 38.2. The van der Waals surface area contributed by atoms with Crippen LogP contribution in [-0.2, 0) is 0 Å². The highest BCUT2D eigenvalue weighted by molar-refractivity contribution is 7.99. The molecule has 0 radical (unpaired) electrons. The SMILES string of the molecule is CNC1CSCC1C. The fourth-order valence-electron chi connectivity index (χ4n) is 1.03. The first-order valence-corrected chi connectivity index (χ1v) is 4.25. The van der Waals surface area contributed by atoms with Crippen molar-refractivity contribution in [1.82, 2.24) is 5.32 Å². The number of hydrogen-bond donors (Lipinski definition) is 1. The highest BCUT2D eigenvalue weighted by Gasteiger charge is 2.21. The van der Waals surface area contributed by atoms with Crippen molar-refractivity contribution in [2.45, 2.75) is 13.0 Å². The van der Waals surface area contributed by atoms with Gasteiger partial charge in [0.1, 0.15) is 0 Å². The van der Waals surface area contributed by atoms with E-state index in [-0.39, 0.29) is 0 Å². The predicted octanol–water partition coefficient (Wildman–Crippen LogP) is 0.957. The van der Waals surface area contributed by atoms with Crippen LogP contribution in [0.4, 0.5) is 0 Å². The van der Waals surface area contributed by atoms with Gasteiger partial charge in [-0.2, -0.15) is 11.8 Å². The molecule has 1 saturated heterocycles. The van der Waals surface area contributed by atoms with E-state index in [1.165, 1.54) is 11.5 Å². The average Bonchev–Trinajstić information content (AvgIpc) is 2.14. The summed E-state index contributed by atoms with van der Waals surface area (Å²) in [5, 5.41) is 3.29. The molecule has 2 unspecified atom stereocenters. The second kappa shape index (κ2) is 2.74. The molecule has 0 aromatic heterocycles. The topological polar surface area (TPSA) is 12.0 Å². The third-order valence-electron chi connectivity index (χ3n) is 1.74. The van der Waals surface area contributed by atoms with E-state index in [2.05, 4.69) is 24.0 Å². The van der Waals surface area contributed by atoms with E-state index in [9.17, 15) is 0 Å². The van der Waals surface area contributed by atoms with E-state index < -0.39 is 0 Å². The molecule has 2 heteroatoms. The van der Waals surface area contributed by atoms with Gasteiger partial charge in [-0.15, -0.1) is 0 Å². The molecule has 8 heavy (non-hydrogen) atoms. The summed E-state index contributed by atoms with van der Waals surface area (Å²) in [4.78, 5) is 0. The predicted molar refractivity (Wildman–Crippen MR) is 39.3 cm³/mol. The smallest absolute Gasteiger partial charge is 0.0188 e. The Morgan fingerprint density at radius 1 is 1.50 bits per heavy atom. The minimum Gasteiger partial charge on any atom is -0.316 e. The Hall–Kier alpha value is 0.310. The van der Waals surface area contributed by atoms with Crippen LogP contribution in [0.2, 0.25) is 0 Å². The van der Waals surface area contributed by atoms with Crippen molar-refractivity contribution in [2.75, 3.05) is 18.6 Å². The number of nitrogens with one attached hydrogen (secondary N) is 1. The van der Waals surface area contributed by atoms with Crippen molar-refractivity contribution in [3.05, 3.63) is 0 Å². The van der Waals surface area contributed by atoms with Gasteiger partial charge in [0.05, 0.1) is 0 Å². The molecule has 0 amide bonds. The van der Waals surface area contributed by atoms with E-state index in [0.29, 0.717) is 0 Å². The second-order valence-electron chi connectivity index (χ2n) is 2.41. The molecule has 0 spiro atoms. The first-order chi connectivity index (χ1) is 3.84. The minimum atomic E-state index is 0.778. The van der Waals surface area contributed by atoms with Crippen LogP contribution in [0.5, 0.6) is 0 Å². The average molecular weight is 131 g/mol. The lowest BCUT2D eigenvalue weighted by Gasteiger charge is -2.11. The fraction of sp³-hybridized carbons (Fsp3) is 1.00. The van der Waals surface area contributed by atoms with Crippen LogP contribution in [0.3, 0.4) is 0 Å². The van der Waals surface area contributed by atoms with Crippen LogP contribution in [0.15, 0.2) is 0 Å². The molecule has 0 saturated carbocycles. The maximum Gasteiger partial charge on any atom is 0.0188 e. The molecule has 1 heterocycles. The van der Waals surface area contributed by atoms with Gasteiger partial charge in [0, 0.05) is 11.8 Å². The van der Waals surface area contributed by atoms with Gasteiger partial charge in [0.25, 0.3) is 0 Å². The molecule has 48 valence electrons. The first-order valence-electron chi connectivity index (χ1n) is 3.09. The molecule has 0 aromatic carbocycles. The summed E-state index contributed by atoms with van der Waals surface area (Å²) < 4.78 is 0. The molecule has 1 rings (SSSR count). The van der Waals surface area contributed by atoms with Crippen LogP contribution >= 0.6 is 11.8 Å². The van der Waals surface area contributed by atoms with E-state index in [4.69, 9.17) is 0 Å². The van der Waals surface area contributed by atoms with Gasteiger partial charge in [0.15, 0.2) is 0 Å². The first kappa shape index (κ1) is 6.43. The molecule has 0 aromatic rings. The Bertz CT molecular complexity index is 74.9. The van der Waals surface area contributed by atoms with Gasteiger partial charge in [-0.1, -0.05) is 6.92 Å². The zero-order valence-corrected chi connectivity index (χ0v) is 6.29. The van der Waals surface area contributed by atoms with Crippen LogP contribution in [0.25, 0.3) is 0 Å². The van der Waals surface area contributed by atoms with Crippen molar-refractivity contribution in [1.29, 1.82) is 0 Å². The fourth-order valence-corrected chi connectivity index (χ4v) is 2.52. The van der Waals surface area contributed by atoms with Gasteiger partial charge in [-0.3, -0.25) is 0 Å². The number of rotatable bonds is 1. The highest BCUT2D eigenvalue weighted by atomic mass is 32.2. The van der Waals surface area contributed by atoms with Crippen molar-refractivity contribution in [3.63, 3.8) is 0 Å². The van der Waals surface area contributed by atoms with Gasteiger partial charge in [-0.05, 0) is 18.7 Å². The van der Waals surface area contributed by atoms with Gasteiger partial charge < -0.3 is 5.32 Å². The Morgan fingerprint density at radius 2 is 2.25 bits per heavy atom. The monoisotopic (exact) mass is 131 g/mol. The molecule has 1 N–H and O–H groups in total. The van der Waals surface area contributed by atoms with Crippen LogP contribution in [0.1, 0.15) is 6.92 Å². The van der Waals surface area contributed by atoms with Crippen molar-refractivity contribution in [2.24, 2.45) is 5.92 Å². The van der Waals surface area contributed by atoms with Crippen LogP contribution < -0.4 is 5.32 Å². The number of thioether (sulfide) groups is 1. The van der Waals surface area contributed by atoms with Crippen molar-refractivity contribution < 1.29 is 0 Å². The van der Waals surface area contributed by atoms with Crippen molar-refractivity contribution >= 4 is 11.8 Å². The minimum absolute atomic E-state index is 0.778. The largest absolute Gasteiger partial charge is 0.316 e. The Kier molecular flexibility index (Phi) is 2.20. The molecular weight excluding hydrogens is 118 g/mol. The van der Waals surface area contributed by atoms with E-state index in [0.717, 1.165) is 12.0 Å². The molecule has 1 aliphatic heterocycles. The standard InChI is InChI=1S/C6H13NS/c1-5-3-8-4-6(5)7-2/h5-7H,3-4H2,1-2H3. The summed E-state index contributed by atoms with van der Waals surface area (Å²) in [6, 6.07) is 0.778. The van der Waals surface area contributed by atoms with Crippen LogP contribution in [0, 0.1) is 5.92 Å². The van der Waals surface area contributed by atoms with Gasteiger partial charge >= 0.3 is 0 Å². The molecule has 1 nitrogen and oxygen atoms in total. The molecule has 1 fully saturated rings. The molecule has 1 aliphatic rings. The van der Waals surface area contributed by atoms with Crippen LogP contribution in [-0.4, -0.2) is 24.6 Å². The summed E-state index contributed by atoms with van der Waals surface area (Å²) in [5.74, 6) is 3.52. The quantitative estimate of drug-likeness (QED) is 0.569. The molecule has 2 atom stereocenters. The third kappa shape index (κ3) is 1.17. The van der Waals surface area contributed by atoms with Crippen molar-refractivity contribution in [3.8, 4) is 0 Å². The summed E-state index contributed by atoms with van der Waals surface area (Å²) in [5.41, 5.74) is 0. The van der Waals surface area contributed by atoms with Gasteiger partial charge in [0.2, 0.25) is 0 Å². The maximum absolute atomic E-state index is 3.29. The molecular formula is C6H13NS. The van der Waals surface area contributed by atoms with E-state index in [1.807, 2.05) is 7.05 Å². The maximum atomic E-state index is 3.29. The zero-order valence-electron chi connectivity index (χ0n) is 5.48. The van der Waals surface area contributed by atoms with Gasteiger partial charge in [-0.25, -0.2) is 0 Å². The van der Waals surface area contributed by atoms with E-state index in [1.54, 1.807) is 0 Å². The molecule has 0 bridgehead atoms. The second-order valence-corrected chi connectivity index (χ2v) is 3.48. The summed E-state index contributed by atoms with van der Waals surface area (Å²) in [7, 11) is 2.05. The number of hydrogen-bond acceptors (Lipinski definition) is 2. The summed E-state index contributed by atoms with van der Waals surface area (Å²) >= 11 is 2.05. The summed E-state index contributed by atoms with van der Waals surface area (Å²) in [6.07, 6.45) is 0. The summed E-state index contributed by atoms with van der Waals surface area (Å²) in [6.45, 7) is 2.31.